The van der Waals surface area contributed by atoms with Gasteiger partial charge in [-0.15, -0.1) is 0 Å². The average molecular weight is 641 g/mol. The Kier molecular flexibility index (Phi) is 9.38. The number of ether oxygens (including phenoxy) is 5. The number of rotatable bonds is 8. The number of aromatic hydroxyl groups is 3. The number of phenols is 3. The van der Waals surface area contributed by atoms with Crippen molar-refractivity contribution in [3.63, 3.8) is 0 Å². The molecule has 2 aromatic carbocycles. The van der Waals surface area contributed by atoms with Crippen LogP contribution >= 0.6 is 0 Å². The first kappa shape index (κ1) is 32.6. The van der Waals surface area contributed by atoms with E-state index in [9.17, 15) is 55.9 Å². The van der Waals surface area contributed by atoms with Crippen LogP contribution in [0.4, 0.5) is 0 Å². The summed E-state index contributed by atoms with van der Waals surface area (Å²) < 4.78 is 33.5. The molecular weight excluding hydrogens is 608 g/mol. The minimum atomic E-state index is -1.96. The normalized spacial score (nSPS) is 32.0. The number of hydrogen-bond acceptors (Lipinski definition) is 17. The van der Waals surface area contributed by atoms with Gasteiger partial charge in [0.05, 0.1) is 20.3 Å². The summed E-state index contributed by atoms with van der Waals surface area (Å²) in [5.41, 5.74) is -1.23. The average Bonchev–Trinajstić information content (AvgIpc) is 3.01. The Balaban J connectivity index is 1.62. The molecule has 2 saturated heterocycles. The van der Waals surface area contributed by atoms with E-state index >= 15 is 0 Å². The Labute approximate surface area is 252 Å². The molecule has 2 aliphatic heterocycles. The maximum atomic E-state index is 13.8. The SMILES string of the molecule is COc1cc(-c2oc3cc(O)cc(O)c3c(=O)c2O[C@@H]2OC(CO)[C@H](O)[C@@H](O)C2O[C@@H]2OC(CO)[C@@H](O)[C@@H](O)C2O)ccc1O. The van der Waals surface area contributed by atoms with Crippen molar-refractivity contribution in [2.75, 3.05) is 20.3 Å². The fraction of sp³-hybridized carbons (Fsp3) is 0.464. The molecule has 3 aromatic rings. The smallest absolute Gasteiger partial charge is 0.239 e. The van der Waals surface area contributed by atoms with Gasteiger partial charge in [0.25, 0.3) is 0 Å². The maximum absolute atomic E-state index is 13.8. The second-order valence-corrected chi connectivity index (χ2v) is 10.4. The van der Waals surface area contributed by atoms with Crippen LogP contribution in [-0.2, 0) is 14.2 Å². The second-order valence-electron chi connectivity index (χ2n) is 10.4. The highest BCUT2D eigenvalue weighted by Gasteiger charge is 2.51. The zero-order valence-corrected chi connectivity index (χ0v) is 23.4. The first-order valence-electron chi connectivity index (χ1n) is 13.5. The largest absolute Gasteiger partial charge is 0.508 e. The van der Waals surface area contributed by atoms with Crippen LogP contribution in [0.3, 0.4) is 0 Å². The highest BCUT2D eigenvalue weighted by atomic mass is 16.8. The molecule has 0 radical (unpaired) electrons. The van der Waals surface area contributed by atoms with Gasteiger partial charge < -0.3 is 79.2 Å². The minimum absolute atomic E-state index is 0.0448. The third kappa shape index (κ3) is 5.98. The molecule has 5 rings (SSSR count). The summed E-state index contributed by atoms with van der Waals surface area (Å²) in [5, 5.41) is 102. The van der Waals surface area contributed by atoms with E-state index in [-0.39, 0.29) is 28.4 Å². The van der Waals surface area contributed by atoms with Crippen molar-refractivity contribution < 1.29 is 79.2 Å². The molecule has 45 heavy (non-hydrogen) atoms. The van der Waals surface area contributed by atoms with E-state index in [1.54, 1.807) is 0 Å². The Bertz CT molecular complexity index is 1570. The van der Waals surface area contributed by atoms with E-state index in [1.165, 1.54) is 25.3 Å². The van der Waals surface area contributed by atoms with E-state index in [0.717, 1.165) is 12.1 Å². The van der Waals surface area contributed by atoms with Gasteiger partial charge in [-0.2, -0.15) is 0 Å². The third-order valence-electron chi connectivity index (χ3n) is 7.56. The number of phenolic OH excluding ortho intramolecular Hbond substituents is 3. The molecule has 2 aliphatic rings. The quantitative estimate of drug-likeness (QED) is 0.123. The van der Waals surface area contributed by atoms with Crippen LogP contribution in [0.2, 0.25) is 0 Å². The van der Waals surface area contributed by atoms with Crippen LogP contribution in [0, 0.1) is 0 Å². The van der Waals surface area contributed by atoms with Gasteiger partial charge in [-0.1, -0.05) is 0 Å². The third-order valence-corrected chi connectivity index (χ3v) is 7.56. The van der Waals surface area contributed by atoms with E-state index in [1.807, 2.05) is 0 Å². The lowest BCUT2D eigenvalue weighted by atomic mass is 9.97. The molecule has 0 amide bonds. The Morgan fingerprint density at radius 2 is 1.42 bits per heavy atom. The van der Waals surface area contributed by atoms with E-state index in [2.05, 4.69) is 0 Å². The van der Waals surface area contributed by atoms with Gasteiger partial charge >= 0.3 is 0 Å². The summed E-state index contributed by atoms with van der Waals surface area (Å²) >= 11 is 0. The monoisotopic (exact) mass is 640 g/mol. The van der Waals surface area contributed by atoms with Gasteiger partial charge in [0, 0.05) is 17.7 Å². The number of fused-ring (bicyclic) bond motifs is 1. The number of benzene rings is 2. The van der Waals surface area contributed by atoms with Gasteiger partial charge in [-0.3, -0.25) is 4.79 Å². The fourth-order valence-corrected chi connectivity index (χ4v) is 5.13. The van der Waals surface area contributed by atoms with Crippen LogP contribution in [0.15, 0.2) is 39.5 Å². The molecule has 17 heteroatoms. The summed E-state index contributed by atoms with van der Waals surface area (Å²) in [4.78, 5) is 13.8. The van der Waals surface area contributed by atoms with Gasteiger partial charge in [0.1, 0.15) is 65.2 Å². The number of aliphatic hydroxyl groups excluding tert-OH is 7. The highest BCUT2D eigenvalue weighted by Crippen LogP contribution is 2.40. The zero-order chi connectivity index (χ0) is 32.7. The van der Waals surface area contributed by atoms with Crippen molar-refractivity contribution in [2.24, 2.45) is 0 Å². The molecule has 1 aromatic heterocycles. The molecule has 2 fully saturated rings. The lowest BCUT2D eigenvalue weighted by Crippen LogP contribution is -2.65. The van der Waals surface area contributed by atoms with E-state index in [4.69, 9.17) is 28.1 Å². The second kappa shape index (κ2) is 12.9. The molecule has 10 atom stereocenters. The van der Waals surface area contributed by atoms with E-state index in [0.29, 0.717) is 0 Å². The van der Waals surface area contributed by atoms with Gasteiger partial charge in [0.2, 0.25) is 17.5 Å². The molecule has 17 nitrogen and oxygen atoms in total. The molecule has 0 aliphatic carbocycles. The standard InChI is InChI=1S/C28H32O17/c1-40-13-4-9(2-3-11(13)32)24-25(20(36)17-12(33)5-10(31)6-14(17)41-24)44-28-26(22(38)19(35)16(8-30)43-28)45-27-23(39)21(37)18(34)15(7-29)42-27/h2-6,15-16,18-19,21-23,26-35,37-39H,7-8H2,1H3/t15?,16?,18-,19+,21-,22-,23?,26?,27+,28+/m1/s1. The van der Waals surface area contributed by atoms with Crippen LogP contribution < -0.4 is 14.9 Å². The minimum Gasteiger partial charge on any atom is -0.508 e. The topological polar surface area (TPSA) is 279 Å². The summed E-state index contributed by atoms with van der Waals surface area (Å²) in [5.74, 6) is -2.49. The van der Waals surface area contributed by atoms with Crippen molar-refractivity contribution in [2.45, 2.75) is 61.4 Å². The Morgan fingerprint density at radius 1 is 0.778 bits per heavy atom. The predicted octanol–water partition coefficient (Wildman–Crippen LogP) is -2.41. The summed E-state index contributed by atoms with van der Waals surface area (Å²) in [7, 11) is 1.27. The van der Waals surface area contributed by atoms with Crippen molar-refractivity contribution >= 4 is 11.0 Å². The van der Waals surface area contributed by atoms with Crippen LogP contribution in [-0.4, -0.2) is 133 Å². The number of aliphatic hydroxyl groups is 7. The lowest BCUT2D eigenvalue weighted by Gasteiger charge is -2.45. The maximum Gasteiger partial charge on any atom is 0.239 e. The number of hydrogen-bond donors (Lipinski definition) is 10. The van der Waals surface area contributed by atoms with Crippen LogP contribution in [0.25, 0.3) is 22.3 Å². The van der Waals surface area contributed by atoms with Gasteiger partial charge in [-0.05, 0) is 18.2 Å². The summed E-state index contributed by atoms with van der Waals surface area (Å²) in [6.07, 6.45) is -17.9. The lowest BCUT2D eigenvalue weighted by molar-refractivity contribution is -0.358. The van der Waals surface area contributed by atoms with Crippen molar-refractivity contribution in [1.29, 1.82) is 0 Å². The fourth-order valence-electron chi connectivity index (χ4n) is 5.13. The molecule has 0 bridgehead atoms. The zero-order valence-electron chi connectivity index (χ0n) is 23.4. The molecular formula is C28H32O17. The Morgan fingerprint density at radius 3 is 2.07 bits per heavy atom. The molecule has 3 heterocycles. The summed E-state index contributed by atoms with van der Waals surface area (Å²) in [6, 6.07) is 5.72. The number of methoxy groups -OCH3 is 1. The van der Waals surface area contributed by atoms with Crippen LogP contribution in [0.5, 0.6) is 28.7 Å². The van der Waals surface area contributed by atoms with Crippen molar-refractivity contribution in [3.05, 3.63) is 40.6 Å². The van der Waals surface area contributed by atoms with Crippen LogP contribution in [0.1, 0.15) is 0 Å². The molecule has 0 spiro atoms. The van der Waals surface area contributed by atoms with Gasteiger partial charge in [-0.25, -0.2) is 0 Å². The van der Waals surface area contributed by atoms with E-state index < -0.39 is 103 Å². The summed E-state index contributed by atoms with van der Waals surface area (Å²) in [6.45, 7) is -1.65. The van der Waals surface area contributed by atoms with Crippen molar-refractivity contribution in [1.82, 2.24) is 0 Å². The highest BCUT2D eigenvalue weighted by molar-refractivity contribution is 5.88. The molecule has 4 unspecified atom stereocenters. The Hall–Kier alpha value is -3.75. The first-order chi connectivity index (χ1) is 21.4. The first-order valence-corrected chi connectivity index (χ1v) is 13.5. The molecule has 0 saturated carbocycles. The molecule has 246 valence electrons. The predicted molar refractivity (Wildman–Crippen MR) is 146 cm³/mol. The van der Waals surface area contributed by atoms with Crippen molar-refractivity contribution in [3.8, 4) is 40.1 Å². The van der Waals surface area contributed by atoms with Gasteiger partial charge in [0.15, 0.2) is 29.7 Å². The molecule has 10 N–H and O–H groups in total.